The third-order valence-electron chi connectivity index (χ3n) is 4.71. The van der Waals surface area contributed by atoms with Crippen LogP contribution in [-0.4, -0.2) is 25.7 Å². The number of hydrogen-bond acceptors (Lipinski definition) is 3. The van der Waals surface area contributed by atoms with Gasteiger partial charge in [0.05, 0.1) is 0 Å². The van der Waals surface area contributed by atoms with E-state index in [4.69, 9.17) is 11.6 Å². The van der Waals surface area contributed by atoms with Gasteiger partial charge in [-0.15, -0.1) is 0 Å². The molecule has 0 spiro atoms. The highest BCUT2D eigenvalue weighted by Crippen LogP contribution is 2.25. The largest absolute Gasteiger partial charge is 0.354 e. The van der Waals surface area contributed by atoms with E-state index in [1.807, 2.05) is 73.1 Å². The Morgan fingerprint density at radius 3 is 2.62 bits per heavy atom. The number of rotatable bonds is 7. The van der Waals surface area contributed by atoms with Gasteiger partial charge in [-0.05, 0) is 42.0 Å². The van der Waals surface area contributed by atoms with Crippen LogP contribution < -0.4 is 5.32 Å². The van der Waals surface area contributed by atoms with Crippen LogP contribution in [0.15, 0.2) is 79.4 Å². The number of nitrogens with zero attached hydrogens (tertiary/aromatic N) is 3. The molecule has 4 aromatic rings. The first-order valence-electron chi connectivity index (χ1n) is 9.29. The second-order valence-corrected chi connectivity index (χ2v) is 7.23. The van der Waals surface area contributed by atoms with Crippen LogP contribution in [0.25, 0.3) is 11.4 Å². The summed E-state index contributed by atoms with van der Waals surface area (Å²) in [6.07, 6.45) is 5.81. The lowest BCUT2D eigenvalue weighted by Crippen LogP contribution is -2.18. The maximum atomic E-state index is 12.8. The fourth-order valence-corrected chi connectivity index (χ4v) is 3.42. The number of carbonyl (C=O) groups is 1. The van der Waals surface area contributed by atoms with Crippen LogP contribution in [0.1, 0.15) is 17.9 Å². The number of carbonyl (C=O) groups excluding carboxylic acids is 1. The van der Waals surface area contributed by atoms with Crippen LogP contribution in [0, 0.1) is 0 Å². The molecule has 0 saturated carbocycles. The van der Waals surface area contributed by atoms with Crippen molar-refractivity contribution in [1.82, 2.24) is 19.7 Å². The Morgan fingerprint density at radius 1 is 1.10 bits per heavy atom. The molecule has 29 heavy (non-hydrogen) atoms. The molecule has 0 saturated heterocycles. The van der Waals surface area contributed by atoms with Gasteiger partial charge in [0.15, 0.2) is 5.82 Å². The number of halogens is 1. The van der Waals surface area contributed by atoms with Gasteiger partial charge >= 0.3 is 0 Å². The van der Waals surface area contributed by atoms with Gasteiger partial charge in [0.25, 0.3) is 0 Å². The second-order valence-electron chi connectivity index (χ2n) is 6.80. The van der Waals surface area contributed by atoms with Crippen LogP contribution in [0.4, 0.5) is 5.69 Å². The third kappa shape index (κ3) is 4.92. The quantitative estimate of drug-likeness (QED) is 0.466. The normalized spacial score (nSPS) is 11.9. The lowest BCUT2D eigenvalue weighted by atomic mass is 9.95. The first kappa shape index (κ1) is 19.0. The molecule has 1 unspecified atom stereocenters. The van der Waals surface area contributed by atoms with Crippen molar-refractivity contribution in [2.75, 3.05) is 5.32 Å². The fourth-order valence-electron chi connectivity index (χ4n) is 3.29. The number of benzene rings is 2. The van der Waals surface area contributed by atoms with Crippen LogP contribution in [0.2, 0.25) is 5.02 Å². The van der Waals surface area contributed by atoms with Crippen LogP contribution in [-0.2, 0) is 11.3 Å². The number of nitrogens with one attached hydrogen (secondary N) is 2. The van der Waals surface area contributed by atoms with Crippen molar-refractivity contribution in [3.8, 4) is 11.4 Å². The minimum atomic E-state index is -0.0492. The van der Waals surface area contributed by atoms with Gasteiger partial charge in [-0.1, -0.05) is 35.9 Å². The van der Waals surface area contributed by atoms with Crippen molar-refractivity contribution in [2.45, 2.75) is 18.9 Å². The van der Waals surface area contributed by atoms with Crippen LogP contribution >= 0.6 is 11.6 Å². The minimum absolute atomic E-state index is 0.0251. The number of aromatic nitrogens is 4. The average Bonchev–Trinajstić information content (AvgIpc) is 3.42. The molecule has 4 rings (SSSR count). The Kier molecular flexibility index (Phi) is 5.72. The molecule has 1 amide bonds. The summed E-state index contributed by atoms with van der Waals surface area (Å²) < 4.78 is 2.08. The fraction of sp³-hybridized carbons (Fsp3) is 0.136. The molecule has 2 aromatic carbocycles. The monoisotopic (exact) mass is 405 g/mol. The van der Waals surface area contributed by atoms with E-state index in [1.165, 1.54) is 6.33 Å². The predicted molar refractivity (Wildman–Crippen MR) is 114 cm³/mol. The molecule has 2 heterocycles. The molecule has 7 heteroatoms. The lowest BCUT2D eigenvalue weighted by molar-refractivity contribution is -0.116. The van der Waals surface area contributed by atoms with E-state index >= 15 is 0 Å². The Morgan fingerprint density at radius 2 is 1.90 bits per heavy atom. The average molecular weight is 406 g/mol. The topological polar surface area (TPSA) is 75.6 Å². The first-order chi connectivity index (χ1) is 14.2. The molecular weight excluding hydrogens is 386 g/mol. The van der Waals surface area contributed by atoms with Gasteiger partial charge in [0.2, 0.25) is 5.91 Å². The first-order valence-corrected chi connectivity index (χ1v) is 9.67. The standard InChI is InChI=1S/C22H20ClN5O/c23-19-8-6-16(7-9-19)18(14-28-10-1-2-11-28)13-21(29)26-20-5-3-4-17(12-20)22-24-15-25-27-22/h1-12,15,18H,13-14H2,(H,26,29)(H,24,25,27). The van der Waals surface area contributed by atoms with Gasteiger partial charge in [-0.3, -0.25) is 9.89 Å². The number of hydrogen-bond donors (Lipinski definition) is 2. The Labute approximate surface area is 173 Å². The van der Waals surface area contributed by atoms with E-state index in [0.29, 0.717) is 23.8 Å². The molecule has 0 fully saturated rings. The van der Waals surface area contributed by atoms with Gasteiger partial charge in [0, 0.05) is 47.6 Å². The van der Waals surface area contributed by atoms with Gasteiger partial charge < -0.3 is 9.88 Å². The SMILES string of the molecule is O=C(CC(Cn1cccc1)c1ccc(Cl)cc1)Nc1cccc(-c2ncn[nH]2)c1. The van der Waals surface area contributed by atoms with Gasteiger partial charge in [-0.2, -0.15) is 5.10 Å². The summed E-state index contributed by atoms with van der Waals surface area (Å²) in [7, 11) is 0. The van der Waals surface area contributed by atoms with Gasteiger partial charge in [-0.25, -0.2) is 4.98 Å². The molecule has 2 N–H and O–H groups in total. The Balaban J connectivity index is 1.49. The predicted octanol–water partition coefficient (Wildman–Crippen LogP) is 4.74. The molecule has 0 radical (unpaired) electrons. The highest BCUT2D eigenvalue weighted by atomic mass is 35.5. The molecule has 146 valence electrons. The van der Waals surface area contributed by atoms with E-state index in [0.717, 1.165) is 16.8 Å². The smallest absolute Gasteiger partial charge is 0.225 e. The minimum Gasteiger partial charge on any atom is -0.354 e. The molecule has 0 bridgehead atoms. The van der Waals surface area contributed by atoms with Crippen molar-refractivity contribution in [3.05, 3.63) is 90.0 Å². The highest BCUT2D eigenvalue weighted by molar-refractivity contribution is 6.30. The summed E-state index contributed by atoms with van der Waals surface area (Å²) >= 11 is 6.03. The maximum absolute atomic E-state index is 12.8. The van der Waals surface area contributed by atoms with Crippen LogP contribution in [0.3, 0.4) is 0 Å². The van der Waals surface area contributed by atoms with Crippen molar-refractivity contribution >= 4 is 23.2 Å². The summed E-state index contributed by atoms with van der Waals surface area (Å²) in [5.74, 6) is 0.636. The molecule has 2 aromatic heterocycles. The summed E-state index contributed by atoms with van der Waals surface area (Å²) in [4.78, 5) is 17.0. The maximum Gasteiger partial charge on any atom is 0.225 e. The Hall–Kier alpha value is -3.38. The van der Waals surface area contributed by atoms with E-state index in [9.17, 15) is 4.79 Å². The van der Waals surface area contributed by atoms with E-state index < -0.39 is 0 Å². The number of amides is 1. The second kappa shape index (κ2) is 8.75. The molecule has 0 aliphatic heterocycles. The zero-order valence-electron chi connectivity index (χ0n) is 15.6. The summed E-state index contributed by atoms with van der Waals surface area (Å²) in [6.45, 7) is 0.708. The molecule has 1 atom stereocenters. The molecule has 0 aliphatic carbocycles. The summed E-state index contributed by atoms with van der Waals surface area (Å²) in [5.41, 5.74) is 2.66. The van der Waals surface area contributed by atoms with E-state index in [2.05, 4.69) is 25.1 Å². The summed E-state index contributed by atoms with van der Waals surface area (Å²) in [5, 5.41) is 10.4. The van der Waals surface area contributed by atoms with E-state index in [-0.39, 0.29) is 11.8 Å². The van der Waals surface area contributed by atoms with Crippen molar-refractivity contribution in [3.63, 3.8) is 0 Å². The van der Waals surface area contributed by atoms with Gasteiger partial charge in [0.1, 0.15) is 6.33 Å². The zero-order valence-corrected chi connectivity index (χ0v) is 16.4. The number of aromatic amines is 1. The van der Waals surface area contributed by atoms with Crippen molar-refractivity contribution in [2.24, 2.45) is 0 Å². The molecule has 0 aliphatic rings. The lowest BCUT2D eigenvalue weighted by Gasteiger charge is -2.18. The summed E-state index contributed by atoms with van der Waals surface area (Å²) in [6, 6.07) is 19.2. The third-order valence-corrected chi connectivity index (χ3v) is 4.96. The number of H-pyrrole nitrogens is 1. The van der Waals surface area contributed by atoms with Crippen LogP contribution in [0.5, 0.6) is 0 Å². The van der Waals surface area contributed by atoms with Crippen molar-refractivity contribution < 1.29 is 4.79 Å². The molecule has 6 nitrogen and oxygen atoms in total. The zero-order chi connectivity index (χ0) is 20.1. The highest BCUT2D eigenvalue weighted by Gasteiger charge is 2.17. The van der Waals surface area contributed by atoms with E-state index in [1.54, 1.807) is 0 Å². The Bertz CT molecular complexity index is 1060. The molecular formula is C22H20ClN5O. The number of anilines is 1. The van der Waals surface area contributed by atoms with Crippen molar-refractivity contribution in [1.29, 1.82) is 0 Å².